The van der Waals surface area contributed by atoms with Gasteiger partial charge in [0.1, 0.15) is 0 Å². The Balaban J connectivity index is 2.06. The molecule has 0 aromatic carbocycles. The molecule has 2 aliphatic rings. The first-order chi connectivity index (χ1) is 7.17. The Kier molecular flexibility index (Phi) is 3.14. The summed E-state index contributed by atoms with van der Waals surface area (Å²) in [5, 5.41) is 0.900. The van der Waals surface area contributed by atoms with Crippen LogP contribution in [0.25, 0.3) is 0 Å². The molecule has 2 fully saturated rings. The Morgan fingerprint density at radius 2 is 1.67 bits per heavy atom. The monoisotopic (exact) mass is 273 g/mol. The lowest BCUT2D eigenvalue weighted by Crippen LogP contribution is -2.40. The average Bonchev–Trinajstić information content (AvgIpc) is 2.81. The zero-order valence-corrected chi connectivity index (χ0v) is 10.4. The van der Waals surface area contributed by atoms with Gasteiger partial charge in [0.05, 0.1) is 0 Å². The molecule has 0 unspecified atom stereocenters. The van der Waals surface area contributed by atoms with Crippen molar-refractivity contribution in [3.63, 3.8) is 0 Å². The Morgan fingerprint density at radius 1 is 1.13 bits per heavy atom. The molecule has 0 aromatic rings. The summed E-state index contributed by atoms with van der Waals surface area (Å²) >= 11 is 3.53. The van der Waals surface area contributed by atoms with Crippen molar-refractivity contribution in [1.82, 2.24) is 4.90 Å². The van der Waals surface area contributed by atoms with Gasteiger partial charge in [-0.1, -0.05) is 28.8 Å². The maximum atomic E-state index is 11.5. The van der Waals surface area contributed by atoms with Crippen molar-refractivity contribution in [1.29, 1.82) is 0 Å². The normalized spacial score (nSPS) is 25.3. The molecule has 1 aliphatic heterocycles. The predicted octanol–water partition coefficient (Wildman–Crippen LogP) is 2.09. The summed E-state index contributed by atoms with van der Waals surface area (Å²) in [5.41, 5.74) is 0.162. The molecule has 1 heterocycles. The molecule has 4 heteroatoms. The van der Waals surface area contributed by atoms with E-state index in [1.165, 1.54) is 17.7 Å². The van der Waals surface area contributed by atoms with E-state index in [0.717, 1.165) is 18.2 Å². The van der Waals surface area contributed by atoms with E-state index < -0.39 is 0 Å². The second kappa shape index (κ2) is 4.24. The first kappa shape index (κ1) is 11.1. The summed E-state index contributed by atoms with van der Waals surface area (Å²) in [6, 6.07) is 0. The number of likely N-dealkylation sites (tertiary alicyclic amines) is 1. The molecule has 1 saturated carbocycles. The fourth-order valence-electron chi connectivity index (χ4n) is 2.59. The van der Waals surface area contributed by atoms with Gasteiger partial charge in [-0.2, -0.15) is 0 Å². The van der Waals surface area contributed by atoms with Crippen LogP contribution in [0.2, 0.25) is 0 Å². The van der Waals surface area contributed by atoms with E-state index in [-0.39, 0.29) is 17.2 Å². The number of alkyl halides is 1. The van der Waals surface area contributed by atoms with Crippen molar-refractivity contribution in [2.75, 3.05) is 11.9 Å². The molecule has 0 radical (unpaired) electrons. The topological polar surface area (TPSA) is 37.4 Å². The SMILES string of the molecule is O=C1CCC(=O)N1CC1(CBr)CCCC1. The quantitative estimate of drug-likeness (QED) is 0.583. The molecule has 84 valence electrons. The lowest BCUT2D eigenvalue weighted by atomic mass is 9.88. The number of hydrogen-bond acceptors (Lipinski definition) is 2. The van der Waals surface area contributed by atoms with Crippen LogP contribution < -0.4 is 0 Å². The van der Waals surface area contributed by atoms with Gasteiger partial charge in [0.25, 0.3) is 0 Å². The maximum absolute atomic E-state index is 11.5. The molecule has 1 saturated heterocycles. The van der Waals surface area contributed by atoms with Gasteiger partial charge in [0, 0.05) is 24.7 Å². The Bertz CT molecular complexity index is 268. The minimum atomic E-state index is 0.0206. The highest BCUT2D eigenvalue weighted by molar-refractivity contribution is 9.09. The number of hydrogen-bond donors (Lipinski definition) is 0. The average molecular weight is 274 g/mol. The van der Waals surface area contributed by atoms with E-state index in [9.17, 15) is 9.59 Å². The van der Waals surface area contributed by atoms with Gasteiger partial charge in [-0.25, -0.2) is 0 Å². The van der Waals surface area contributed by atoms with Gasteiger partial charge < -0.3 is 0 Å². The highest BCUT2D eigenvalue weighted by Gasteiger charge is 2.39. The smallest absolute Gasteiger partial charge is 0.229 e. The van der Waals surface area contributed by atoms with E-state index in [0.29, 0.717) is 19.4 Å². The molecule has 2 rings (SSSR count). The van der Waals surface area contributed by atoms with Gasteiger partial charge >= 0.3 is 0 Å². The lowest BCUT2D eigenvalue weighted by Gasteiger charge is -2.30. The third kappa shape index (κ3) is 2.10. The van der Waals surface area contributed by atoms with Gasteiger partial charge in [0.15, 0.2) is 0 Å². The van der Waals surface area contributed by atoms with Gasteiger partial charge in [-0.05, 0) is 18.3 Å². The number of imide groups is 1. The lowest BCUT2D eigenvalue weighted by molar-refractivity contribution is -0.140. The van der Waals surface area contributed by atoms with Crippen LogP contribution in [-0.4, -0.2) is 28.6 Å². The summed E-state index contributed by atoms with van der Waals surface area (Å²) in [4.78, 5) is 24.5. The second-order valence-electron chi connectivity index (χ2n) is 4.71. The van der Waals surface area contributed by atoms with Crippen molar-refractivity contribution >= 4 is 27.7 Å². The van der Waals surface area contributed by atoms with Crippen LogP contribution in [0, 0.1) is 5.41 Å². The van der Waals surface area contributed by atoms with Crippen LogP contribution in [0.1, 0.15) is 38.5 Å². The predicted molar refractivity (Wildman–Crippen MR) is 60.6 cm³/mol. The first-order valence-electron chi connectivity index (χ1n) is 5.56. The molecule has 0 spiro atoms. The Morgan fingerprint density at radius 3 is 2.13 bits per heavy atom. The molecule has 3 nitrogen and oxygen atoms in total. The molecule has 1 aliphatic carbocycles. The van der Waals surface area contributed by atoms with Crippen molar-refractivity contribution < 1.29 is 9.59 Å². The number of halogens is 1. The number of carbonyl (C=O) groups excluding carboxylic acids is 2. The molecule has 15 heavy (non-hydrogen) atoms. The third-order valence-electron chi connectivity index (χ3n) is 3.60. The summed E-state index contributed by atoms with van der Waals surface area (Å²) in [6.45, 7) is 0.635. The number of rotatable bonds is 3. The summed E-state index contributed by atoms with van der Waals surface area (Å²) in [7, 11) is 0. The van der Waals surface area contributed by atoms with E-state index >= 15 is 0 Å². The standard InChI is InChI=1S/C11H16BrNO2/c12-7-11(5-1-2-6-11)8-13-9(14)3-4-10(13)15/h1-8H2. The zero-order chi connectivity index (χ0) is 10.9. The number of nitrogens with zero attached hydrogens (tertiary/aromatic N) is 1. The van der Waals surface area contributed by atoms with Gasteiger partial charge in [0.2, 0.25) is 11.8 Å². The van der Waals surface area contributed by atoms with Crippen LogP contribution in [0.5, 0.6) is 0 Å². The Labute approximate surface area is 98.3 Å². The van der Waals surface area contributed by atoms with Crippen LogP contribution in [-0.2, 0) is 9.59 Å². The van der Waals surface area contributed by atoms with E-state index in [4.69, 9.17) is 0 Å². The second-order valence-corrected chi connectivity index (χ2v) is 5.28. The van der Waals surface area contributed by atoms with Crippen molar-refractivity contribution in [2.24, 2.45) is 5.41 Å². The van der Waals surface area contributed by atoms with Gasteiger partial charge in [-0.15, -0.1) is 0 Å². The van der Waals surface area contributed by atoms with E-state index in [1.54, 1.807) is 0 Å². The molecule has 0 atom stereocenters. The van der Waals surface area contributed by atoms with Crippen molar-refractivity contribution in [2.45, 2.75) is 38.5 Å². The fourth-order valence-corrected chi connectivity index (χ4v) is 3.33. The van der Waals surface area contributed by atoms with Gasteiger partial charge in [-0.3, -0.25) is 14.5 Å². The molecule has 0 N–H and O–H groups in total. The largest absolute Gasteiger partial charge is 0.282 e. The molecule has 0 aromatic heterocycles. The van der Waals surface area contributed by atoms with Crippen LogP contribution in [0.4, 0.5) is 0 Å². The van der Waals surface area contributed by atoms with Crippen LogP contribution in [0.15, 0.2) is 0 Å². The van der Waals surface area contributed by atoms with Crippen LogP contribution in [0.3, 0.4) is 0 Å². The third-order valence-corrected chi connectivity index (χ3v) is 4.79. The first-order valence-corrected chi connectivity index (χ1v) is 6.68. The summed E-state index contributed by atoms with van der Waals surface area (Å²) in [6.07, 6.45) is 5.54. The van der Waals surface area contributed by atoms with Crippen molar-refractivity contribution in [3.05, 3.63) is 0 Å². The minimum Gasteiger partial charge on any atom is -0.282 e. The molecule has 2 amide bonds. The van der Waals surface area contributed by atoms with Crippen LogP contribution >= 0.6 is 15.9 Å². The summed E-state index contributed by atoms with van der Waals surface area (Å²) < 4.78 is 0. The van der Waals surface area contributed by atoms with Crippen molar-refractivity contribution in [3.8, 4) is 0 Å². The zero-order valence-electron chi connectivity index (χ0n) is 8.80. The highest BCUT2D eigenvalue weighted by Crippen LogP contribution is 2.41. The molecular formula is C11H16BrNO2. The maximum Gasteiger partial charge on any atom is 0.229 e. The number of carbonyl (C=O) groups is 2. The highest BCUT2D eigenvalue weighted by atomic mass is 79.9. The Hall–Kier alpha value is -0.380. The minimum absolute atomic E-state index is 0.0206. The van der Waals surface area contributed by atoms with E-state index in [1.807, 2.05) is 0 Å². The molecular weight excluding hydrogens is 258 g/mol. The summed E-state index contributed by atoms with van der Waals surface area (Å²) in [5.74, 6) is 0.0412. The fraction of sp³-hybridized carbons (Fsp3) is 0.818. The molecule has 0 bridgehead atoms. The number of amides is 2. The van der Waals surface area contributed by atoms with E-state index in [2.05, 4.69) is 15.9 Å².